The molecule has 2 unspecified atom stereocenters. The molecule has 0 aromatic carbocycles. The van der Waals surface area contributed by atoms with Crippen LogP contribution in [0.4, 0.5) is 0 Å². The van der Waals surface area contributed by atoms with Crippen LogP contribution >= 0.6 is 0 Å². The first-order chi connectivity index (χ1) is 7.18. The van der Waals surface area contributed by atoms with Gasteiger partial charge < -0.3 is 21.1 Å². The van der Waals surface area contributed by atoms with Gasteiger partial charge in [0, 0.05) is 6.54 Å². The largest absolute Gasteiger partial charge is 0.374 e. The normalized spacial score (nSPS) is 29.7. The molecule has 0 aromatic rings. The quantitative estimate of drug-likeness (QED) is 0.369. The summed E-state index contributed by atoms with van der Waals surface area (Å²) in [7, 11) is 0. The molecule has 2 rings (SSSR count). The third-order valence-corrected chi connectivity index (χ3v) is 2.99. The zero-order valence-corrected chi connectivity index (χ0v) is 8.65. The Kier molecular flexibility index (Phi) is 2.77. The minimum Gasteiger partial charge on any atom is -0.374 e. The number of aliphatic imine (C=N–C) groups is 1. The first-order valence-corrected chi connectivity index (χ1v) is 5.25. The molecule has 2 aliphatic rings. The monoisotopic (exact) mass is 211 g/mol. The summed E-state index contributed by atoms with van der Waals surface area (Å²) in [6.45, 7) is 1.36. The zero-order valence-electron chi connectivity index (χ0n) is 8.65. The number of hydrogen-bond donors (Lipinski definition) is 3. The number of rotatable bonds is 0. The van der Waals surface area contributed by atoms with Crippen LogP contribution in [0.15, 0.2) is 4.99 Å². The summed E-state index contributed by atoms with van der Waals surface area (Å²) in [5.74, 6) is 0.108. The van der Waals surface area contributed by atoms with Crippen LogP contribution in [0.1, 0.15) is 19.3 Å². The molecule has 0 amide bonds. The number of nitrogens with zero attached hydrogens (tertiary/aromatic N) is 2. The maximum absolute atomic E-state index is 7.79. The Balaban J connectivity index is 2.07. The van der Waals surface area contributed by atoms with E-state index in [0.717, 1.165) is 19.3 Å². The van der Waals surface area contributed by atoms with Crippen LogP contribution in [0.25, 0.3) is 0 Å². The molecule has 6 heteroatoms. The average molecular weight is 211 g/mol. The Bertz CT molecular complexity index is 286. The van der Waals surface area contributed by atoms with Crippen LogP contribution in [0.2, 0.25) is 0 Å². The van der Waals surface area contributed by atoms with Crippen LogP contribution in [-0.4, -0.2) is 42.1 Å². The summed E-state index contributed by atoms with van der Waals surface area (Å²) < 4.78 is 5.64. The molecule has 1 heterocycles. The number of nitrogens with one attached hydrogen (secondary N) is 1. The lowest BCUT2D eigenvalue weighted by molar-refractivity contribution is -0.0299. The van der Waals surface area contributed by atoms with Crippen LogP contribution in [0.3, 0.4) is 0 Å². The van der Waals surface area contributed by atoms with Gasteiger partial charge in [0.15, 0.2) is 5.96 Å². The van der Waals surface area contributed by atoms with Gasteiger partial charge in [0.05, 0.1) is 18.8 Å². The van der Waals surface area contributed by atoms with E-state index in [9.17, 15) is 0 Å². The summed E-state index contributed by atoms with van der Waals surface area (Å²) in [5.41, 5.74) is 10.5. The molecular weight excluding hydrogens is 194 g/mol. The van der Waals surface area contributed by atoms with E-state index in [1.54, 1.807) is 0 Å². The van der Waals surface area contributed by atoms with Crippen LogP contribution in [0, 0.1) is 5.41 Å². The van der Waals surface area contributed by atoms with E-state index in [-0.39, 0.29) is 24.1 Å². The molecule has 0 spiro atoms. The minimum absolute atomic E-state index is 0.0546. The van der Waals surface area contributed by atoms with Gasteiger partial charge in [0.2, 0.25) is 5.96 Å². The molecule has 2 fully saturated rings. The van der Waals surface area contributed by atoms with Crippen molar-refractivity contribution in [1.29, 1.82) is 5.41 Å². The van der Waals surface area contributed by atoms with Crippen molar-refractivity contribution in [2.24, 2.45) is 16.5 Å². The SMILES string of the molecule is N=C(N=C(N)N)N1CCOC2CCCC21. The lowest BCUT2D eigenvalue weighted by atomic mass is 10.1. The Morgan fingerprint density at radius 2 is 2.20 bits per heavy atom. The fourth-order valence-corrected chi connectivity index (χ4v) is 2.38. The number of nitrogens with two attached hydrogens (primary N) is 2. The molecule has 2 atom stereocenters. The van der Waals surface area contributed by atoms with Crippen molar-refractivity contribution in [1.82, 2.24) is 4.90 Å². The second kappa shape index (κ2) is 4.06. The molecular formula is C9H17N5O. The topological polar surface area (TPSA) is 101 Å². The minimum atomic E-state index is -0.0546. The van der Waals surface area contributed by atoms with Crippen molar-refractivity contribution in [2.75, 3.05) is 13.2 Å². The summed E-state index contributed by atoms with van der Waals surface area (Å²) >= 11 is 0. The third-order valence-electron chi connectivity index (χ3n) is 2.99. The predicted molar refractivity (Wildman–Crippen MR) is 57.6 cm³/mol. The average Bonchev–Trinajstić information content (AvgIpc) is 2.63. The highest BCUT2D eigenvalue weighted by Gasteiger charge is 2.37. The van der Waals surface area contributed by atoms with E-state index in [1.807, 2.05) is 4.90 Å². The van der Waals surface area contributed by atoms with Crippen molar-refractivity contribution in [3.05, 3.63) is 0 Å². The van der Waals surface area contributed by atoms with Crippen molar-refractivity contribution < 1.29 is 4.74 Å². The Labute approximate surface area is 88.8 Å². The molecule has 0 bridgehead atoms. The van der Waals surface area contributed by atoms with Gasteiger partial charge in [0.25, 0.3) is 0 Å². The summed E-state index contributed by atoms with van der Waals surface area (Å²) in [6.07, 6.45) is 3.55. The Morgan fingerprint density at radius 1 is 1.40 bits per heavy atom. The van der Waals surface area contributed by atoms with Crippen molar-refractivity contribution in [3.63, 3.8) is 0 Å². The fourth-order valence-electron chi connectivity index (χ4n) is 2.38. The van der Waals surface area contributed by atoms with Gasteiger partial charge in [-0.3, -0.25) is 5.41 Å². The standard InChI is InChI=1S/C9H17N5O/c10-8(11)13-9(12)14-4-5-15-7-3-1-2-6(7)14/h6-7H,1-5H2,(H5,10,11,12,13). The molecule has 0 aromatic heterocycles. The van der Waals surface area contributed by atoms with E-state index in [4.69, 9.17) is 21.6 Å². The van der Waals surface area contributed by atoms with E-state index < -0.39 is 0 Å². The van der Waals surface area contributed by atoms with Gasteiger partial charge >= 0.3 is 0 Å². The van der Waals surface area contributed by atoms with Crippen LogP contribution in [-0.2, 0) is 4.74 Å². The van der Waals surface area contributed by atoms with Crippen LogP contribution < -0.4 is 11.5 Å². The summed E-state index contributed by atoms with van der Waals surface area (Å²) in [4.78, 5) is 5.73. The number of fused-ring (bicyclic) bond motifs is 1. The third kappa shape index (κ3) is 2.04. The molecule has 15 heavy (non-hydrogen) atoms. The summed E-state index contributed by atoms with van der Waals surface area (Å²) in [5, 5.41) is 7.79. The van der Waals surface area contributed by atoms with Gasteiger partial charge in [0.1, 0.15) is 0 Å². The zero-order chi connectivity index (χ0) is 10.8. The molecule has 5 N–H and O–H groups in total. The molecule has 84 valence electrons. The van der Waals surface area contributed by atoms with Gasteiger partial charge in [-0.15, -0.1) is 0 Å². The van der Waals surface area contributed by atoms with E-state index in [2.05, 4.69) is 4.99 Å². The first-order valence-electron chi connectivity index (χ1n) is 5.25. The Morgan fingerprint density at radius 3 is 2.93 bits per heavy atom. The van der Waals surface area contributed by atoms with Crippen molar-refractivity contribution in [2.45, 2.75) is 31.4 Å². The fraction of sp³-hybridized carbons (Fsp3) is 0.778. The second-order valence-electron chi connectivity index (χ2n) is 3.96. The highest BCUT2D eigenvalue weighted by Crippen LogP contribution is 2.29. The lowest BCUT2D eigenvalue weighted by Gasteiger charge is -2.37. The van der Waals surface area contributed by atoms with E-state index in [1.165, 1.54) is 0 Å². The van der Waals surface area contributed by atoms with Gasteiger partial charge in [-0.2, -0.15) is 4.99 Å². The number of hydrogen-bond acceptors (Lipinski definition) is 2. The van der Waals surface area contributed by atoms with E-state index >= 15 is 0 Å². The molecule has 1 saturated heterocycles. The number of morpholine rings is 1. The maximum atomic E-state index is 7.79. The maximum Gasteiger partial charge on any atom is 0.221 e. The second-order valence-corrected chi connectivity index (χ2v) is 3.96. The highest BCUT2D eigenvalue weighted by atomic mass is 16.5. The Hall–Kier alpha value is -1.30. The van der Waals surface area contributed by atoms with Gasteiger partial charge in [-0.1, -0.05) is 0 Å². The lowest BCUT2D eigenvalue weighted by Crippen LogP contribution is -2.51. The van der Waals surface area contributed by atoms with Crippen molar-refractivity contribution in [3.8, 4) is 0 Å². The molecule has 1 aliphatic heterocycles. The van der Waals surface area contributed by atoms with Gasteiger partial charge in [-0.25, -0.2) is 0 Å². The van der Waals surface area contributed by atoms with Gasteiger partial charge in [-0.05, 0) is 19.3 Å². The molecule has 1 saturated carbocycles. The predicted octanol–water partition coefficient (Wildman–Crippen LogP) is -0.552. The first kappa shape index (κ1) is 10.2. The number of ether oxygens (including phenoxy) is 1. The molecule has 1 aliphatic carbocycles. The molecule has 6 nitrogen and oxygen atoms in total. The smallest absolute Gasteiger partial charge is 0.221 e. The summed E-state index contributed by atoms with van der Waals surface area (Å²) in [6, 6.07) is 0.286. The van der Waals surface area contributed by atoms with Crippen LogP contribution in [0.5, 0.6) is 0 Å². The number of guanidine groups is 2. The molecule has 0 radical (unpaired) electrons. The van der Waals surface area contributed by atoms with E-state index in [0.29, 0.717) is 13.2 Å². The van der Waals surface area contributed by atoms with Crippen molar-refractivity contribution >= 4 is 11.9 Å². The highest BCUT2D eigenvalue weighted by molar-refractivity contribution is 5.91.